The van der Waals surface area contributed by atoms with E-state index < -0.39 is 24.4 Å². The Morgan fingerprint density at radius 2 is 2.00 bits per heavy atom. The number of hydrogen-bond donors (Lipinski definition) is 2. The Morgan fingerprint density at radius 3 is 2.74 bits per heavy atom. The van der Waals surface area contributed by atoms with E-state index in [1.807, 2.05) is 26.0 Å². The molecule has 0 aliphatic heterocycles. The van der Waals surface area contributed by atoms with E-state index in [1.165, 1.54) is 12.3 Å². The summed E-state index contributed by atoms with van der Waals surface area (Å²) < 4.78 is 10.6. The number of thiophene rings is 1. The number of furan rings is 1. The Balaban J connectivity index is 1.58. The highest BCUT2D eigenvalue weighted by atomic mass is 32.1. The van der Waals surface area contributed by atoms with Crippen molar-refractivity contribution in [1.82, 2.24) is 0 Å². The largest absolute Gasteiger partial charge is 0.464 e. The van der Waals surface area contributed by atoms with Crippen LogP contribution in [0.2, 0.25) is 0 Å². The van der Waals surface area contributed by atoms with Gasteiger partial charge in [0.1, 0.15) is 10.6 Å². The minimum atomic E-state index is -0.638. The van der Waals surface area contributed by atoms with E-state index in [2.05, 4.69) is 5.32 Å². The molecule has 0 saturated carbocycles. The minimum Gasteiger partial charge on any atom is -0.464 e. The first-order valence-electron chi connectivity index (χ1n) is 8.16. The molecule has 0 aliphatic rings. The average Bonchev–Trinajstić information content (AvgIpc) is 3.24. The Morgan fingerprint density at radius 1 is 1.22 bits per heavy atom. The predicted molar refractivity (Wildman–Crippen MR) is 102 cm³/mol. The smallest absolute Gasteiger partial charge is 0.310 e. The van der Waals surface area contributed by atoms with Crippen molar-refractivity contribution in [1.29, 1.82) is 0 Å². The number of fused-ring (bicyclic) bond motifs is 1. The van der Waals surface area contributed by atoms with Gasteiger partial charge in [-0.3, -0.25) is 14.4 Å². The first kappa shape index (κ1) is 18.7. The average molecular weight is 386 g/mol. The van der Waals surface area contributed by atoms with Crippen molar-refractivity contribution >= 4 is 45.1 Å². The molecule has 0 atom stereocenters. The molecule has 1 aromatic carbocycles. The van der Waals surface area contributed by atoms with Crippen LogP contribution in [0.3, 0.4) is 0 Å². The van der Waals surface area contributed by atoms with Crippen LogP contribution in [0.25, 0.3) is 11.0 Å². The molecule has 0 bridgehead atoms. The highest BCUT2D eigenvalue weighted by molar-refractivity contribution is 7.14. The molecule has 0 aliphatic carbocycles. The van der Waals surface area contributed by atoms with Crippen LogP contribution in [-0.4, -0.2) is 24.4 Å². The fourth-order valence-electron chi connectivity index (χ4n) is 2.64. The quantitative estimate of drug-likeness (QED) is 0.633. The SMILES string of the molecule is Cc1ccc2c(CC(=O)OCC(=O)Nc3sccc3C(N)=O)coc2c1C. The number of carbonyl (C=O) groups is 3. The summed E-state index contributed by atoms with van der Waals surface area (Å²) in [5, 5.41) is 5.33. The Hall–Kier alpha value is -3.13. The molecule has 3 N–H and O–H groups in total. The van der Waals surface area contributed by atoms with Crippen LogP contribution in [0.5, 0.6) is 0 Å². The zero-order chi connectivity index (χ0) is 19.6. The summed E-state index contributed by atoms with van der Waals surface area (Å²) in [7, 11) is 0. The van der Waals surface area contributed by atoms with Crippen LogP contribution >= 0.6 is 11.3 Å². The molecule has 2 heterocycles. The molecule has 8 heteroatoms. The highest BCUT2D eigenvalue weighted by Gasteiger charge is 2.16. The molecule has 0 fully saturated rings. The van der Waals surface area contributed by atoms with Crippen molar-refractivity contribution < 1.29 is 23.5 Å². The molecule has 7 nitrogen and oxygen atoms in total. The van der Waals surface area contributed by atoms with E-state index >= 15 is 0 Å². The first-order valence-corrected chi connectivity index (χ1v) is 9.04. The van der Waals surface area contributed by atoms with E-state index in [1.54, 1.807) is 5.38 Å². The maximum absolute atomic E-state index is 12.1. The third kappa shape index (κ3) is 4.01. The molecular formula is C19H18N2O5S. The number of primary amides is 1. The third-order valence-corrected chi connectivity index (χ3v) is 5.05. The normalized spacial score (nSPS) is 10.7. The molecular weight excluding hydrogens is 368 g/mol. The number of aryl methyl sites for hydroxylation is 2. The lowest BCUT2D eigenvalue weighted by Gasteiger charge is -2.06. The number of amides is 2. The van der Waals surface area contributed by atoms with Gasteiger partial charge in [0.15, 0.2) is 6.61 Å². The van der Waals surface area contributed by atoms with Gasteiger partial charge in [0.25, 0.3) is 11.8 Å². The van der Waals surface area contributed by atoms with E-state index in [9.17, 15) is 14.4 Å². The minimum absolute atomic E-state index is 0.00564. The van der Waals surface area contributed by atoms with Crippen LogP contribution < -0.4 is 11.1 Å². The van der Waals surface area contributed by atoms with Crippen molar-refractivity contribution in [3.8, 4) is 0 Å². The summed E-state index contributed by atoms with van der Waals surface area (Å²) in [4.78, 5) is 35.3. The van der Waals surface area contributed by atoms with E-state index in [0.29, 0.717) is 10.6 Å². The molecule has 3 aromatic rings. The number of nitrogens with two attached hydrogens (primary N) is 1. The number of hydrogen-bond acceptors (Lipinski definition) is 6. The van der Waals surface area contributed by atoms with Crippen LogP contribution in [0, 0.1) is 13.8 Å². The number of anilines is 1. The molecule has 3 rings (SSSR count). The Kier molecular flexibility index (Phi) is 5.27. The molecule has 0 saturated heterocycles. The third-order valence-electron chi connectivity index (χ3n) is 4.22. The number of carbonyl (C=O) groups excluding carboxylic acids is 3. The standard InChI is InChI=1S/C19H18N2O5S/c1-10-3-4-13-12(8-26-17(13)11(10)2)7-16(23)25-9-15(22)21-19-14(18(20)24)5-6-27-19/h3-6,8H,7,9H2,1-2H3,(H2,20,24)(H,21,22). The Labute approximate surface area is 159 Å². The second kappa shape index (κ2) is 7.63. The molecule has 27 heavy (non-hydrogen) atoms. The van der Waals surface area contributed by atoms with Gasteiger partial charge in [-0.2, -0.15) is 0 Å². The summed E-state index contributed by atoms with van der Waals surface area (Å²) in [6.07, 6.45) is 1.53. The van der Waals surface area contributed by atoms with Gasteiger partial charge in [-0.25, -0.2) is 0 Å². The lowest BCUT2D eigenvalue weighted by atomic mass is 10.0. The number of benzene rings is 1. The van der Waals surface area contributed by atoms with E-state index in [4.69, 9.17) is 14.9 Å². The van der Waals surface area contributed by atoms with Gasteiger partial charge in [-0.15, -0.1) is 11.3 Å². The van der Waals surface area contributed by atoms with E-state index in [0.717, 1.165) is 33.4 Å². The number of ether oxygens (including phenoxy) is 1. The van der Waals surface area contributed by atoms with Gasteiger partial charge in [0.2, 0.25) is 0 Å². The molecule has 140 valence electrons. The fourth-order valence-corrected chi connectivity index (χ4v) is 3.45. The van der Waals surface area contributed by atoms with Gasteiger partial charge in [-0.05, 0) is 36.4 Å². The number of nitrogens with one attached hydrogen (secondary N) is 1. The lowest BCUT2D eigenvalue weighted by molar-refractivity contribution is -0.146. The van der Waals surface area contributed by atoms with Gasteiger partial charge in [-0.1, -0.05) is 12.1 Å². The summed E-state index contributed by atoms with van der Waals surface area (Å²) in [6.45, 7) is 3.49. The fraction of sp³-hybridized carbons (Fsp3) is 0.211. The first-order chi connectivity index (χ1) is 12.9. The van der Waals surface area contributed by atoms with Crippen molar-refractivity contribution in [2.75, 3.05) is 11.9 Å². The van der Waals surface area contributed by atoms with Crippen LogP contribution in [0.15, 0.2) is 34.3 Å². The summed E-state index contributed by atoms with van der Waals surface area (Å²) in [6, 6.07) is 5.38. The molecule has 0 unspecified atom stereocenters. The predicted octanol–water partition coefficient (Wildman–Crippen LogP) is 2.93. The monoisotopic (exact) mass is 386 g/mol. The van der Waals surface area contributed by atoms with Crippen LogP contribution in [0.1, 0.15) is 27.0 Å². The van der Waals surface area contributed by atoms with Crippen LogP contribution in [-0.2, 0) is 20.7 Å². The molecule has 0 radical (unpaired) electrons. The summed E-state index contributed by atoms with van der Waals surface area (Å²) in [5.74, 6) is -1.73. The second-order valence-electron chi connectivity index (χ2n) is 6.06. The lowest BCUT2D eigenvalue weighted by Crippen LogP contribution is -2.22. The Bertz CT molecular complexity index is 1030. The van der Waals surface area contributed by atoms with Gasteiger partial charge >= 0.3 is 5.97 Å². The summed E-state index contributed by atoms with van der Waals surface area (Å²) in [5.41, 5.74) is 9.01. The zero-order valence-electron chi connectivity index (χ0n) is 14.8. The molecule has 2 amide bonds. The highest BCUT2D eigenvalue weighted by Crippen LogP contribution is 2.27. The van der Waals surface area contributed by atoms with Gasteiger partial charge in [0, 0.05) is 10.9 Å². The van der Waals surface area contributed by atoms with Crippen molar-refractivity contribution in [2.45, 2.75) is 20.3 Å². The summed E-state index contributed by atoms with van der Waals surface area (Å²) >= 11 is 1.16. The van der Waals surface area contributed by atoms with Crippen molar-refractivity contribution in [2.24, 2.45) is 5.73 Å². The molecule has 2 aromatic heterocycles. The maximum Gasteiger partial charge on any atom is 0.310 e. The second-order valence-corrected chi connectivity index (χ2v) is 6.97. The number of esters is 1. The number of rotatable bonds is 6. The van der Waals surface area contributed by atoms with Crippen molar-refractivity contribution in [3.05, 3.63) is 52.1 Å². The van der Waals surface area contributed by atoms with Crippen LogP contribution in [0.4, 0.5) is 5.00 Å². The maximum atomic E-state index is 12.1. The zero-order valence-corrected chi connectivity index (χ0v) is 15.6. The molecule has 0 spiro atoms. The van der Waals surface area contributed by atoms with Crippen molar-refractivity contribution in [3.63, 3.8) is 0 Å². The van der Waals surface area contributed by atoms with E-state index in [-0.39, 0.29) is 12.0 Å². The van der Waals surface area contributed by atoms with Gasteiger partial charge in [0.05, 0.1) is 18.2 Å². The van der Waals surface area contributed by atoms with Gasteiger partial charge < -0.3 is 20.2 Å². The topological polar surface area (TPSA) is 112 Å².